The molecule has 4 heteroatoms. The fraction of sp³-hybridized carbons (Fsp3) is 0.533. The summed E-state index contributed by atoms with van der Waals surface area (Å²) in [7, 11) is 0. The van der Waals surface area contributed by atoms with Gasteiger partial charge in [-0.1, -0.05) is 32.9 Å². The lowest BCUT2D eigenvalue weighted by atomic mass is 9.99. The zero-order chi connectivity index (χ0) is 14.4. The fourth-order valence-electron chi connectivity index (χ4n) is 1.97. The number of carboxylic acids is 1. The molecule has 0 saturated heterocycles. The minimum absolute atomic E-state index is 0.148. The van der Waals surface area contributed by atoms with Crippen LogP contribution in [0.15, 0.2) is 24.3 Å². The molecule has 0 fully saturated rings. The average Bonchev–Trinajstić information content (AvgIpc) is 2.34. The Morgan fingerprint density at radius 1 is 1.26 bits per heavy atom. The van der Waals surface area contributed by atoms with Gasteiger partial charge in [-0.05, 0) is 36.0 Å². The van der Waals surface area contributed by atoms with Crippen LogP contribution in [-0.2, 0) is 4.79 Å². The van der Waals surface area contributed by atoms with E-state index in [1.165, 1.54) is 12.1 Å². The van der Waals surface area contributed by atoms with E-state index in [1.807, 2.05) is 20.8 Å². The second-order valence-electron chi connectivity index (χ2n) is 5.38. The van der Waals surface area contributed by atoms with Gasteiger partial charge in [-0.25, -0.2) is 4.39 Å². The van der Waals surface area contributed by atoms with Crippen molar-refractivity contribution in [3.63, 3.8) is 0 Å². The number of hydrogen-bond donors (Lipinski definition) is 2. The van der Waals surface area contributed by atoms with Gasteiger partial charge in [-0.15, -0.1) is 0 Å². The monoisotopic (exact) mass is 267 g/mol. The number of carbonyl (C=O) groups is 1. The molecule has 3 nitrogen and oxygen atoms in total. The molecule has 0 aromatic heterocycles. The third-order valence-corrected chi connectivity index (χ3v) is 3.11. The van der Waals surface area contributed by atoms with E-state index in [1.54, 1.807) is 12.1 Å². The van der Waals surface area contributed by atoms with E-state index in [0.717, 1.165) is 5.56 Å². The molecular formula is C15H22FNO2. The highest BCUT2D eigenvalue weighted by molar-refractivity contribution is 5.73. The third kappa shape index (κ3) is 5.39. The van der Waals surface area contributed by atoms with Gasteiger partial charge in [0.15, 0.2) is 0 Å². The molecule has 19 heavy (non-hydrogen) atoms. The Balaban J connectivity index is 2.54. The molecule has 0 heterocycles. The Labute approximate surface area is 113 Å². The van der Waals surface area contributed by atoms with E-state index in [-0.39, 0.29) is 11.7 Å². The molecule has 0 aliphatic heterocycles. The van der Waals surface area contributed by atoms with Crippen molar-refractivity contribution in [3.8, 4) is 0 Å². The maximum atomic E-state index is 12.8. The van der Waals surface area contributed by atoms with Crippen molar-refractivity contribution in [2.45, 2.75) is 39.2 Å². The maximum absolute atomic E-state index is 12.8. The van der Waals surface area contributed by atoms with Gasteiger partial charge in [0.2, 0.25) is 0 Å². The minimum Gasteiger partial charge on any atom is -0.480 e. The summed E-state index contributed by atoms with van der Waals surface area (Å²) in [6.45, 7) is 6.56. The van der Waals surface area contributed by atoms with Crippen molar-refractivity contribution in [1.82, 2.24) is 5.32 Å². The van der Waals surface area contributed by atoms with Crippen LogP contribution >= 0.6 is 0 Å². The molecule has 0 spiro atoms. The molecule has 1 aromatic rings. The summed E-state index contributed by atoms with van der Waals surface area (Å²) >= 11 is 0. The molecule has 1 unspecified atom stereocenters. The van der Waals surface area contributed by atoms with Crippen LogP contribution in [0.1, 0.15) is 38.7 Å². The molecule has 1 rings (SSSR count). The topological polar surface area (TPSA) is 49.3 Å². The second-order valence-corrected chi connectivity index (χ2v) is 5.38. The van der Waals surface area contributed by atoms with Crippen LogP contribution in [0, 0.1) is 11.7 Å². The molecule has 0 bridgehead atoms. The lowest BCUT2D eigenvalue weighted by Gasteiger charge is -2.19. The summed E-state index contributed by atoms with van der Waals surface area (Å²) in [4.78, 5) is 11.1. The minimum atomic E-state index is -0.819. The number of halogens is 1. The van der Waals surface area contributed by atoms with Crippen molar-refractivity contribution in [3.05, 3.63) is 35.6 Å². The largest absolute Gasteiger partial charge is 0.480 e. The molecule has 2 N–H and O–H groups in total. The first-order valence-electron chi connectivity index (χ1n) is 6.61. The van der Waals surface area contributed by atoms with E-state index in [0.29, 0.717) is 18.9 Å². The van der Waals surface area contributed by atoms with Gasteiger partial charge in [0, 0.05) is 6.54 Å². The highest BCUT2D eigenvalue weighted by Crippen LogP contribution is 2.15. The Kier molecular flexibility index (Phi) is 5.96. The summed E-state index contributed by atoms with van der Waals surface area (Å²) < 4.78 is 12.8. The van der Waals surface area contributed by atoms with Gasteiger partial charge in [-0.3, -0.25) is 4.79 Å². The Bertz CT molecular complexity index is 403. The van der Waals surface area contributed by atoms with Crippen molar-refractivity contribution in [2.75, 3.05) is 6.54 Å². The van der Waals surface area contributed by atoms with Crippen LogP contribution in [0.3, 0.4) is 0 Å². The number of aliphatic carboxylic acids is 1. The molecular weight excluding hydrogens is 245 g/mol. The van der Waals surface area contributed by atoms with Crippen LogP contribution in [0.4, 0.5) is 4.39 Å². The summed E-state index contributed by atoms with van der Waals surface area (Å²) in [5, 5.41) is 12.2. The maximum Gasteiger partial charge on any atom is 0.320 e. The summed E-state index contributed by atoms with van der Waals surface area (Å²) in [6, 6.07) is 5.80. The van der Waals surface area contributed by atoms with Gasteiger partial charge >= 0.3 is 5.97 Å². The summed E-state index contributed by atoms with van der Waals surface area (Å²) in [5.74, 6) is -0.600. The Morgan fingerprint density at radius 2 is 1.84 bits per heavy atom. The SMILES string of the molecule is CC(C)C[C@H](NCC(C)c1ccc(F)cc1)C(=O)O. The van der Waals surface area contributed by atoms with E-state index >= 15 is 0 Å². The van der Waals surface area contributed by atoms with Gasteiger partial charge in [0.05, 0.1) is 0 Å². The summed E-state index contributed by atoms with van der Waals surface area (Å²) in [5.41, 5.74) is 1.00. The molecule has 0 saturated carbocycles. The number of hydrogen-bond acceptors (Lipinski definition) is 2. The Hall–Kier alpha value is -1.42. The fourth-order valence-corrected chi connectivity index (χ4v) is 1.97. The predicted octanol–water partition coefficient (Wildman–Crippen LogP) is 3.02. The van der Waals surface area contributed by atoms with Gasteiger partial charge in [0.1, 0.15) is 11.9 Å². The molecule has 0 aliphatic carbocycles. The highest BCUT2D eigenvalue weighted by Gasteiger charge is 2.19. The lowest BCUT2D eigenvalue weighted by Crippen LogP contribution is -2.39. The van der Waals surface area contributed by atoms with Gasteiger partial charge < -0.3 is 10.4 Å². The molecule has 0 amide bonds. The van der Waals surface area contributed by atoms with E-state index in [2.05, 4.69) is 5.32 Å². The van der Waals surface area contributed by atoms with E-state index in [9.17, 15) is 9.18 Å². The van der Waals surface area contributed by atoms with Crippen LogP contribution in [-0.4, -0.2) is 23.7 Å². The first-order chi connectivity index (χ1) is 8.90. The molecule has 2 atom stereocenters. The van der Waals surface area contributed by atoms with Crippen molar-refractivity contribution in [2.24, 2.45) is 5.92 Å². The standard InChI is InChI=1S/C15H22FNO2/c1-10(2)8-14(15(18)19)17-9-11(3)12-4-6-13(16)7-5-12/h4-7,10-11,14,17H,8-9H2,1-3H3,(H,18,19)/t11?,14-/m0/s1. The quantitative estimate of drug-likeness (QED) is 0.798. The first kappa shape index (κ1) is 15.6. The summed E-state index contributed by atoms with van der Waals surface area (Å²) in [6.07, 6.45) is 0.603. The van der Waals surface area contributed by atoms with Crippen molar-refractivity contribution >= 4 is 5.97 Å². The highest BCUT2D eigenvalue weighted by atomic mass is 19.1. The zero-order valence-corrected chi connectivity index (χ0v) is 11.7. The number of nitrogens with one attached hydrogen (secondary N) is 1. The molecule has 0 aliphatic rings. The molecule has 1 aromatic carbocycles. The second kappa shape index (κ2) is 7.24. The normalized spacial score (nSPS) is 14.4. The molecule has 0 radical (unpaired) electrons. The number of rotatable bonds is 7. The van der Waals surface area contributed by atoms with Gasteiger partial charge in [0.25, 0.3) is 0 Å². The van der Waals surface area contributed by atoms with Crippen molar-refractivity contribution < 1.29 is 14.3 Å². The average molecular weight is 267 g/mol. The van der Waals surface area contributed by atoms with Gasteiger partial charge in [-0.2, -0.15) is 0 Å². The smallest absolute Gasteiger partial charge is 0.320 e. The van der Waals surface area contributed by atoms with E-state index < -0.39 is 12.0 Å². The van der Waals surface area contributed by atoms with Crippen LogP contribution < -0.4 is 5.32 Å². The predicted molar refractivity (Wildman–Crippen MR) is 73.7 cm³/mol. The first-order valence-corrected chi connectivity index (χ1v) is 6.61. The number of carboxylic acid groups (broad SMARTS) is 1. The Morgan fingerprint density at radius 3 is 2.32 bits per heavy atom. The van der Waals surface area contributed by atoms with Crippen LogP contribution in [0.2, 0.25) is 0 Å². The third-order valence-electron chi connectivity index (χ3n) is 3.11. The van der Waals surface area contributed by atoms with Crippen LogP contribution in [0.25, 0.3) is 0 Å². The molecule has 106 valence electrons. The lowest BCUT2D eigenvalue weighted by molar-refractivity contribution is -0.139. The van der Waals surface area contributed by atoms with Crippen LogP contribution in [0.5, 0.6) is 0 Å². The number of benzene rings is 1. The van der Waals surface area contributed by atoms with E-state index in [4.69, 9.17) is 5.11 Å². The van der Waals surface area contributed by atoms with Crippen molar-refractivity contribution in [1.29, 1.82) is 0 Å². The zero-order valence-electron chi connectivity index (χ0n) is 11.7.